The van der Waals surface area contributed by atoms with Gasteiger partial charge < -0.3 is 4.74 Å². The van der Waals surface area contributed by atoms with Crippen LogP contribution in [0.5, 0.6) is 0 Å². The minimum Gasteiger partial charge on any atom is -0.451 e. The zero-order valence-corrected chi connectivity index (χ0v) is 6.47. The summed E-state index contributed by atoms with van der Waals surface area (Å²) >= 11 is 0. The van der Waals surface area contributed by atoms with Gasteiger partial charge in [0.2, 0.25) is 5.95 Å². The second-order valence-corrected chi connectivity index (χ2v) is 1.89. The number of nitrogens with two attached hydrogens (primary N) is 1. The van der Waals surface area contributed by atoms with Gasteiger partial charge in [0, 0.05) is 12.4 Å². The van der Waals surface area contributed by atoms with Gasteiger partial charge in [0.15, 0.2) is 0 Å². The van der Waals surface area contributed by atoms with E-state index in [-0.39, 0.29) is 5.95 Å². The smallest absolute Gasteiger partial charge is 0.431 e. The molecule has 0 spiro atoms. The molecule has 0 bridgehead atoms. The molecule has 0 aliphatic heterocycles. The zero-order chi connectivity index (χ0) is 8.97. The topological polar surface area (TPSA) is 81.3 Å². The largest absolute Gasteiger partial charge is 0.451 e. The van der Waals surface area contributed by atoms with E-state index >= 15 is 0 Å². The van der Waals surface area contributed by atoms with Crippen molar-refractivity contribution in [2.24, 2.45) is 5.84 Å². The number of amides is 1. The lowest BCUT2D eigenvalue weighted by Gasteiger charge is -2.11. The van der Waals surface area contributed by atoms with Crippen LogP contribution < -0.4 is 10.9 Å². The highest BCUT2D eigenvalue weighted by atomic mass is 16.5. The standard InChI is InChI=1S/C6H8N4O2/c1-12-6(11)10(7)5-8-3-2-4-9-5/h2-4H,7H2,1H3. The Labute approximate surface area is 68.9 Å². The van der Waals surface area contributed by atoms with Crippen LogP contribution in [0.4, 0.5) is 10.7 Å². The maximum atomic E-state index is 10.8. The van der Waals surface area contributed by atoms with Crippen molar-refractivity contribution in [3.05, 3.63) is 18.5 Å². The summed E-state index contributed by atoms with van der Waals surface area (Å²) in [6.45, 7) is 0. The number of hydrogen-bond donors (Lipinski definition) is 1. The van der Waals surface area contributed by atoms with Gasteiger partial charge in [-0.25, -0.2) is 20.6 Å². The number of hydrazine groups is 1. The average molecular weight is 168 g/mol. The van der Waals surface area contributed by atoms with E-state index in [1.807, 2.05) is 0 Å². The lowest BCUT2D eigenvalue weighted by atomic mass is 10.7. The van der Waals surface area contributed by atoms with Gasteiger partial charge in [0.25, 0.3) is 0 Å². The molecule has 1 rings (SSSR count). The van der Waals surface area contributed by atoms with Crippen LogP contribution in [0.3, 0.4) is 0 Å². The zero-order valence-electron chi connectivity index (χ0n) is 6.47. The first kappa shape index (κ1) is 8.41. The normalized spacial score (nSPS) is 9.17. The fourth-order valence-corrected chi connectivity index (χ4v) is 0.596. The summed E-state index contributed by atoms with van der Waals surface area (Å²) in [5, 5.41) is 0.722. The lowest BCUT2D eigenvalue weighted by Crippen LogP contribution is -2.38. The third kappa shape index (κ3) is 1.67. The molecule has 0 radical (unpaired) electrons. The maximum Gasteiger partial charge on any atom is 0.431 e. The van der Waals surface area contributed by atoms with Gasteiger partial charge in [-0.2, -0.15) is 5.01 Å². The number of aromatic nitrogens is 2. The van der Waals surface area contributed by atoms with Gasteiger partial charge in [-0.05, 0) is 6.07 Å². The summed E-state index contributed by atoms with van der Waals surface area (Å²) in [5.74, 6) is 5.38. The fraction of sp³-hybridized carbons (Fsp3) is 0.167. The quantitative estimate of drug-likeness (QED) is 0.360. The number of hydrogen-bond acceptors (Lipinski definition) is 5. The molecule has 6 heteroatoms. The summed E-state index contributed by atoms with van der Waals surface area (Å²) in [6.07, 6.45) is 2.25. The van der Waals surface area contributed by atoms with Crippen LogP contribution >= 0.6 is 0 Å². The number of methoxy groups -OCH3 is 1. The molecule has 6 nitrogen and oxygen atoms in total. The molecule has 2 N–H and O–H groups in total. The van der Waals surface area contributed by atoms with Crippen LogP contribution in [-0.2, 0) is 4.74 Å². The molecule has 1 amide bonds. The minimum absolute atomic E-state index is 0.101. The summed E-state index contributed by atoms with van der Waals surface area (Å²) < 4.78 is 4.35. The first-order valence-electron chi connectivity index (χ1n) is 3.15. The van der Waals surface area contributed by atoms with Gasteiger partial charge >= 0.3 is 6.09 Å². The third-order valence-corrected chi connectivity index (χ3v) is 1.14. The van der Waals surface area contributed by atoms with E-state index in [4.69, 9.17) is 5.84 Å². The van der Waals surface area contributed by atoms with Gasteiger partial charge in [0.05, 0.1) is 7.11 Å². The van der Waals surface area contributed by atoms with E-state index in [2.05, 4.69) is 14.7 Å². The summed E-state index contributed by atoms with van der Waals surface area (Å²) in [6, 6.07) is 1.62. The molecule has 0 saturated heterocycles. The Balaban J connectivity index is 2.78. The Kier molecular flexibility index (Phi) is 2.54. The van der Waals surface area contributed by atoms with Crippen LogP contribution in [0.25, 0.3) is 0 Å². The molecule has 1 heterocycles. The highest BCUT2D eigenvalue weighted by Crippen LogP contribution is 2.00. The van der Waals surface area contributed by atoms with E-state index in [1.54, 1.807) is 6.07 Å². The Morgan fingerprint density at radius 2 is 2.17 bits per heavy atom. The molecule has 0 aromatic carbocycles. The predicted molar refractivity (Wildman–Crippen MR) is 41.1 cm³/mol. The number of carbonyl (C=O) groups excluding carboxylic acids is 1. The van der Waals surface area contributed by atoms with Crippen molar-refractivity contribution in [1.82, 2.24) is 9.97 Å². The van der Waals surface area contributed by atoms with Crippen molar-refractivity contribution in [2.75, 3.05) is 12.1 Å². The lowest BCUT2D eigenvalue weighted by molar-refractivity contribution is 0.178. The van der Waals surface area contributed by atoms with Gasteiger partial charge in [-0.3, -0.25) is 0 Å². The molecular weight excluding hydrogens is 160 g/mol. The van der Waals surface area contributed by atoms with E-state index in [1.165, 1.54) is 19.5 Å². The van der Waals surface area contributed by atoms with Crippen LogP contribution in [0.2, 0.25) is 0 Å². The van der Waals surface area contributed by atoms with Crippen LogP contribution in [0.15, 0.2) is 18.5 Å². The Bertz CT molecular complexity index is 264. The van der Waals surface area contributed by atoms with Crippen LogP contribution in [0, 0.1) is 0 Å². The monoisotopic (exact) mass is 168 g/mol. The van der Waals surface area contributed by atoms with E-state index < -0.39 is 6.09 Å². The maximum absolute atomic E-state index is 10.8. The highest BCUT2D eigenvalue weighted by Gasteiger charge is 2.12. The Morgan fingerprint density at radius 1 is 1.58 bits per heavy atom. The van der Waals surface area contributed by atoms with Crippen LogP contribution in [0.1, 0.15) is 0 Å². The van der Waals surface area contributed by atoms with E-state index in [0.29, 0.717) is 0 Å². The molecule has 0 saturated carbocycles. The Morgan fingerprint density at radius 3 is 2.67 bits per heavy atom. The summed E-state index contributed by atoms with van der Waals surface area (Å²) in [4.78, 5) is 18.3. The number of anilines is 1. The first-order chi connectivity index (χ1) is 5.75. The molecule has 1 aromatic rings. The molecule has 64 valence electrons. The van der Waals surface area contributed by atoms with Gasteiger partial charge in [-0.1, -0.05) is 0 Å². The number of ether oxygens (including phenoxy) is 1. The van der Waals surface area contributed by atoms with Crippen LogP contribution in [-0.4, -0.2) is 23.2 Å². The van der Waals surface area contributed by atoms with Crippen molar-refractivity contribution in [3.8, 4) is 0 Å². The number of rotatable bonds is 1. The summed E-state index contributed by atoms with van der Waals surface area (Å²) in [5.41, 5.74) is 0. The highest BCUT2D eigenvalue weighted by molar-refractivity contribution is 5.83. The molecule has 12 heavy (non-hydrogen) atoms. The second kappa shape index (κ2) is 3.63. The van der Waals surface area contributed by atoms with Crippen molar-refractivity contribution in [3.63, 3.8) is 0 Å². The fourth-order valence-electron chi connectivity index (χ4n) is 0.596. The molecule has 0 fully saturated rings. The first-order valence-corrected chi connectivity index (χ1v) is 3.15. The Hall–Kier alpha value is -1.69. The SMILES string of the molecule is COC(=O)N(N)c1ncccn1. The van der Waals surface area contributed by atoms with Crippen molar-refractivity contribution in [2.45, 2.75) is 0 Å². The van der Waals surface area contributed by atoms with Crippen molar-refractivity contribution in [1.29, 1.82) is 0 Å². The minimum atomic E-state index is -0.707. The van der Waals surface area contributed by atoms with E-state index in [0.717, 1.165) is 5.01 Å². The number of nitrogens with zero attached hydrogens (tertiary/aromatic N) is 3. The third-order valence-electron chi connectivity index (χ3n) is 1.14. The average Bonchev–Trinajstić information content (AvgIpc) is 2.17. The number of carbonyl (C=O) groups is 1. The molecule has 0 aliphatic rings. The molecule has 0 aliphatic carbocycles. The van der Waals surface area contributed by atoms with Gasteiger partial charge in [0.1, 0.15) is 0 Å². The van der Waals surface area contributed by atoms with E-state index in [9.17, 15) is 4.79 Å². The summed E-state index contributed by atoms with van der Waals surface area (Å²) in [7, 11) is 1.23. The second-order valence-electron chi connectivity index (χ2n) is 1.89. The van der Waals surface area contributed by atoms with Crippen molar-refractivity contribution >= 4 is 12.0 Å². The molecule has 1 aromatic heterocycles. The molecule has 0 unspecified atom stereocenters. The molecular formula is C6H8N4O2. The predicted octanol–water partition coefficient (Wildman–Crippen LogP) is -0.0769. The van der Waals surface area contributed by atoms with Gasteiger partial charge in [-0.15, -0.1) is 0 Å². The molecule has 0 atom stereocenters. The van der Waals surface area contributed by atoms with Crippen molar-refractivity contribution < 1.29 is 9.53 Å².